The molecule has 0 aromatic heterocycles. The molecular weight excluding hydrogens is 432 g/mol. The molecule has 0 spiro atoms. The number of hydrogen-bond acceptors (Lipinski definition) is 4. The van der Waals surface area contributed by atoms with Crippen molar-refractivity contribution in [3.8, 4) is 0 Å². The van der Waals surface area contributed by atoms with E-state index in [0.29, 0.717) is 11.4 Å². The lowest BCUT2D eigenvalue weighted by Crippen LogP contribution is -2.15. The van der Waals surface area contributed by atoms with Crippen molar-refractivity contribution in [2.24, 2.45) is 0 Å². The van der Waals surface area contributed by atoms with Crippen molar-refractivity contribution in [1.29, 1.82) is 0 Å². The number of hydrogen-bond donors (Lipinski definition) is 2. The lowest BCUT2D eigenvalue weighted by Gasteiger charge is -2.19. The monoisotopic (exact) mass is 458 g/mol. The van der Waals surface area contributed by atoms with Crippen LogP contribution in [0.15, 0.2) is 82.6 Å². The van der Waals surface area contributed by atoms with Gasteiger partial charge in [0.2, 0.25) is 0 Å². The zero-order valence-electron chi connectivity index (χ0n) is 17.9. The largest absolute Gasteiger partial charge is 0.280 e. The summed E-state index contributed by atoms with van der Waals surface area (Å²) in [5, 5.41) is 0. The predicted molar refractivity (Wildman–Crippen MR) is 124 cm³/mol. The molecule has 3 aromatic rings. The number of benzene rings is 3. The van der Waals surface area contributed by atoms with Crippen molar-refractivity contribution >= 4 is 31.4 Å². The quantitative estimate of drug-likeness (QED) is 0.550. The summed E-state index contributed by atoms with van der Waals surface area (Å²) in [6.07, 6.45) is 0. The Morgan fingerprint density at radius 2 is 0.935 bits per heavy atom. The molecule has 0 saturated heterocycles. The highest BCUT2D eigenvalue weighted by Crippen LogP contribution is 2.25. The van der Waals surface area contributed by atoms with E-state index in [9.17, 15) is 16.8 Å². The van der Waals surface area contributed by atoms with Gasteiger partial charge in [0.25, 0.3) is 20.0 Å². The van der Waals surface area contributed by atoms with Crippen LogP contribution in [0.3, 0.4) is 0 Å². The number of aryl methyl sites for hydroxylation is 1. The van der Waals surface area contributed by atoms with Crippen LogP contribution in [0.2, 0.25) is 0 Å². The van der Waals surface area contributed by atoms with Gasteiger partial charge in [0, 0.05) is 11.4 Å². The minimum atomic E-state index is -3.76. The maximum Gasteiger partial charge on any atom is 0.261 e. The van der Waals surface area contributed by atoms with Crippen molar-refractivity contribution in [3.63, 3.8) is 0 Å². The van der Waals surface area contributed by atoms with Crippen molar-refractivity contribution in [2.75, 3.05) is 9.44 Å². The van der Waals surface area contributed by atoms with E-state index in [2.05, 4.69) is 30.2 Å². The van der Waals surface area contributed by atoms with Crippen molar-refractivity contribution in [3.05, 3.63) is 83.9 Å². The normalized spacial score (nSPS) is 12.4. The molecule has 6 nitrogen and oxygen atoms in total. The van der Waals surface area contributed by atoms with Crippen LogP contribution in [0.1, 0.15) is 31.9 Å². The van der Waals surface area contributed by atoms with Gasteiger partial charge in [-0.25, -0.2) is 16.8 Å². The Hall–Kier alpha value is -2.84. The number of anilines is 2. The molecule has 164 valence electrons. The fourth-order valence-electron chi connectivity index (χ4n) is 2.89. The maximum absolute atomic E-state index is 12.7. The van der Waals surface area contributed by atoms with Gasteiger partial charge in [-0.1, -0.05) is 50.6 Å². The van der Waals surface area contributed by atoms with Gasteiger partial charge in [-0.3, -0.25) is 9.44 Å². The highest BCUT2D eigenvalue weighted by atomic mass is 32.2. The fraction of sp³-hybridized carbons (Fsp3) is 0.217. The summed E-state index contributed by atoms with van der Waals surface area (Å²) in [7, 11) is -7.49. The molecule has 0 radical (unpaired) electrons. The van der Waals surface area contributed by atoms with Crippen molar-refractivity contribution < 1.29 is 16.8 Å². The van der Waals surface area contributed by atoms with Gasteiger partial charge >= 0.3 is 0 Å². The van der Waals surface area contributed by atoms with Crippen LogP contribution in [0, 0.1) is 6.92 Å². The average molecular weight is 459 g/mol. The molecule has 31 heavy (non-hydrogen) atoms. The predicted octanol–water partition coefficient (Wildman–Crippen LogP) is 4.89. The molecule has 3 rings (SSSR count). The summed E-state index contributed by atoms with van der Waals surface area (Å²) in [5.41, 5.74) is 2.59. The summed E-state index contributed by atoms with van der Waals surface area (Å²) in [5.74, 6) is 0. The third-order valence-electron chi connectivity index (χ3n) is 4.75. The molecule has 0 bridgehead atoms. The number of rotatable bonds is 6. The highest BCUT2D eigenvalue weighted by Gasteiger charge is 2.18. The topological polar surface area (TPSA) is 92.3 Å². The molecule has 0 aliphatic rings. The molecule has 0 fully saturated rings. The number of sulfonamides is 2. The summed E-state index contributed by atoms with van der Waals surface area (Å²) < 4.78 is 55.3. The van der Waals surface area contributed by atoms with E-state index < -0.39 is 20.0 Å². The Morgan fingerprint density at radius 1 is 0.581 bits per heavy atom. The van der Waals surface area contributed by atoms with Gasteiger partial charge in [0.1, 0.15) is 0 Å². The van der Waals surface area contributed by atoms with Gasteiger partial charge in [0.15, 0.2) is 0 Å². The van der Waals surface area contributed by atoms with Gasteiger partial charge < -0.3 is 0 Å². The summed E-state index contributed by atoms with van der Waals surface area (Å²) in [4.78, 5) is 0.311. The summed E-state index contributed by atoms with van der Waals surface area (Å²) in [6.45, 7) is 8.05. The molecule has 8 heteroatoms. The molecule has 0 heterocycles. The van der Waals surface area contributed by atoms with E-state index in [1.54, 1.807) is 36.4 Å². The third-order valence-corrected chi connectivity index (χ3v) is 7.55. The van der Waals surface area contributed by atoms with Gasteiger partial charge in [-0.05, 0) is 66.4 Å². The molecule has 0 atom stereocenters. The van der Waals surface area contributed by atoms with E-state index in [1.807, 2.05) is 6.92 Å². The van der Waals surface area contributed by atoms with Crippen LogP contribution >= 0.6 is 0 Å². The first-order chi connectivity index (χ1) is 14.4. The van der Waals surface area contributed by atoms with Crippen molar-refractivity contribution in [2.45, 2.75) is 42.9 Å². The fourth-order valence-corrected chi connectivity index (χ4v) is 5.00. The molecule has 2 N–H and O–H groups in total. The maximum atomic E-state index is 12.7. The zero-order valence-corrected chi connectivity index (χ0v) is 19.5. The van der Waals surface area contributed by atoms with Gasteiger partial charge in [-0.15, -0.1) is 0 Å². The Morgan fingerprint density at radius 3 is 1.29 bits per heavy atom. The van der Waals surface area contributed by atoms with Crippen LogP contribution in [-0.4, -0.2) is 16.8 Å². The van der Waals surface area contributed by atoms with E-state index in [0.717, 1.165) is 11.1 Å². The molecular formula is C23H26N2O4S2. The Labute approximate surface area is 184 Å². The van der Waals surface area contributed by atoms with Gasteiger partial charge in [0.05, 0.1) is 9.79 Å². The second-order valence-electron chi connectivity index (χ2n) is 8.38. The number of nitrogens with one attached hydrogen (secondary N) is 2. The lowest BCUT2D eigenvalue weighted by atomic mass is 9.87. The molecule has 3 aromatic carbocycles. The van der Waals surface area contributed by atoms with E-state index in [4.69, 9.17) is 0 Å². The third kappa shape index (κ3) is 5.65. The van der Waals surface area contributed by atoms with Crippen LogP contribution in [0.4, 0.5) is 11.4 Å². The Kier molecular flexibility index (Phi) is 6.16. The summed E-state index contributed by atoms with van der Waals surface area (Å²) in [6, 6.07) is 19.3. The van der Waals surface area contributed by atoms with E-state index in [-0.39, 0.29) is 15.2 Å². The lowest BCUT2D eigenvalue weighted by molar-refractivity contribution is 0.587. The minimum Gasteiger partial charge on any atom is -0.280 e. The molecule has 0 aliphatic heterocycles. The van der Waals surface area contributed by atoms with Crippen LogP contribution in [0.5, 0.6) is 0 Å². The first-order valence-corrected chi connectivity index (χ1v) is 12.7. The molecule has 0 aliphatic carbocycles. The molecule has 0 unspecified atom stereocenters. The summed E-state index contributed by atoms with van der Waals surface area (Å²) >= 11 is 0. The highest BCUT2D eigenvalue weighted by molar-refractivity contribution is 7.93. The minimum absolute atomic E-state index is 0.0720. The van der Waals surface area contributed by atoms with Crippen molar-refractivity contribution in [1.82, 2.24) is 0 Å². The second-order valence-corrected chi connectivity index (χ2v) is 11.7. The van der Waals surface area contributed by atoms with Crippen LogP contribution in [-0.2, 0) is 25.5 Å². The van der Waals surface area contributed by atoms with E-state index in [1.165, 1.54) is 36.4 Å². The van der Waals surface area contributed by atoms with Gasteiger partial charge in [-0.2, -0.15) is 0 Å². The average Bonchev–Trinajstić information content (AvgIpc) is 2.69. The van der Waals surface area contributed by atoms with E-state index >= 15 is 0 Å². The van der Waals surface area contributed by atoms with Crippen LogP contribution < -0.4 is 9.44 Å². The Bertz CT molecular complexity index is 1260. The SMILES string of the molecule is Cc1ccc(S(=O)(=O)Nc2ccc(NS(=O)(=O)c3ccc(C(C)(C)C)cc3)cc2)cc1. The smallest absolute Gasteiger partial charge is 0.261 e. The van der Waals surface area contributed by atoms with Crippen LogP contribution in [0.25, 0.3) is 0 Å². The standard InChI is InChI=1S/C23H26N2O4S2/c1-17-5-13-21(14-6-17)30(26,27)24-19-9-11-20(12-10-19)25-31(28,29)22-15-7-18(8-16-22)23(2,3)4/h5-16,24-25H,1-4H3. The second kappa shape index (κ2) is 8.36. The first kappa shape index (κ1) is 22.8. The molecule has 0 saturated carbocycles. The Balaban J connectivity index is 1.73. The first-order valence-electron chi connectivity index (χ1n) is 9.70. The zero-order chi connectivity index (χ0) is 22.9. The molecule has 0 amide bonds.